The number of hydrogen-bond donors (Lipinski definition) is 1. The van der Waals surface area contributed by atoms with E-state index in [4.69, 9.17) is 14.2 Å². The molecule has 0 unspecified atom stereocenters. The van der Waals surface area contributed by atoms with Crippen molar-refractivity contribution in [2.45, 2.75) is 12.6 Å². The summed E-state index contributed by atoms with van der Waals surface area (Å²) in [6.45, 7) is 0.108. The zero-order valence-electron chi connectivity index (χ0n) is 19.3. The summed E-state index contributed by atoms with van der Waals surface area (Å²) in [6, 6.07) is 12.8. The molecule has 0 radical (unpaired) electrons. The van der Waals surface area contributed by atoms with Crippen molar-refractivity contribution in [3.63, 3.8) is 0 Å². The molecule has 1 aliphatic heterocycles. The molecule has 0 aliphatic carbocycles. The minimum atomic E-state index is -0.910. The molecule has 1 atom stereocenters. The molecule has 9 heteroatoms. The number of pyridine rings is 1. The van der Waals surface area contributed by atoms with Crippen LogP contribution in [0.5, 0.6) is 17.2 Å². The van der Waals surface area contributed by atoms with Crippen LogP contribution in [0.25, 0.3) is 5.76 Å². The van der Waals surface area contributed by atoms with Crippen molar-refractivity contribution in [1.82, 2.24) is 9.88 Å². The number of methoxy groups -OCH3 is 3. The lowest BCUT2D eigenvalue weighted by Gasteiger charge is -2.26. The van der Waals surface area contributed by atoms with Gasteiger partial charge in [-0.2, -0.15) is 0 Å². The number of ketones is 1. The van der Waals surface area contributed by atoms with Crippen LogP contribution in [-0.4, -0.2) is 48.0 Å². The van der Waals surface area contributed by atoms with Gasteiger partial charge in [0, 0.05) is 29.0 Å². The summed E-state index contributed by atoms with van der Waals surface area (Å²) >= 11 is 3.37. The van der Waals surface area contributed by atoms with Crippen molar-refractivity contribution < 1.29 is 28.9 Å². The summed E-state index contributed by atoms with van der Waals surface area (Å²) < 4.78 is 17.2. The highest BCUT2D eigenvalue weighted by Crippen LogP contribution is 2.46. The highest BCUT2D eigenvalue weighted by molar-refractivity contribution is 9.10. The number of aliphatic hydroxyl groups is 1. The molecule has 0 spiro atoms. The third-order valence-corrected chi connectivity index (χ3v) is 6.26. The second kappa shape index (κ2) is 10.2. The first kappa shape index (κ1) is 24.3. The molecule has 8 nitrogen and oxygen atoms in total. The summed E-state index contributed by atoms with van der Waals surface area (Å²) in [4.78, 5) is 32.0. The van der Waals surface area contributed by atoms with Gasteiger partial charge in [0.2, 0.25) is 5.75 Å². The molecule has 0 saturated carbocycles. The minimum Gasteiger partial charge on any atom is -0.507 e. The molecule has 1 fully saturated rings. The molecule has 1 aliphatic rings. The number of aromatic nitrogens is 1. The Labute approximate surface area is 210 Å². The van der Waals surface area contributed by atoms with E-state index in [1.165, 1.54) is 26.2 Å². The van der Waals surface area contributed by atoms with Gasteiger partial charge in [-0.1, -0.05) is 34.1 Å². The fourth-order valence-corrected chi connectivity index (χ4v) is 4.36. The Morgan fingerprint density at radius 1 is 1.03 bits per heavy atom. The van der Waals surface area contributed by atoms with E-state index in [0.29, 0.717) is 28.4 Å². The van der Waals surface area contributed by atoms with Crippen LogP contribution in [0, 0.1) is 0 Å². The second-order valence-electron chi connectivity index (χ2n) is 7.75. The molecule has 0 bridgehead atoms. The van der Waals surface area contributed by atoms with Crippen LogP contribution in [-0.2, 0) is 16.1 Å². The zero-order valence-corrected chi connectivity index (χ0v) is 20.9. The van der Waals surface area contributed by atoms with Crippen LogP contribution >= 0.6 is 15.9 Å². The lowest BCUT2D eigenvalue weighted by atomic mass is 9.94. The number of likely N-dealkylation sites (tertiary alicyclic amines) is 1. The van der Waals surface area contributed by atoms with Gasteiger partial charge in [-0.3, -0.25) is 14.6 Å². The predicted octanol–water partition coefficient (Wildman–Crippen LogP) is 4.49. The first-order valence-corrected chi connectivity index (χ1v) is 11.4. The SMILES string of the molecule is COc1cc([C@H]2C(=C(O)c3ccc(Br)cc3)C(=O)C(=O)N2Cc2cccnc2)cc(OC)c1OC. The van der Waals surface area contributed by atoms with Gasteiger partial charge in [0.25, 0.3) is 11.7 Å². The Bertz CT molecular complexity index is 1270. The standard InChI is InChI=1S/C26H23BrN2O6/c1-33-19-11-17(12-20(34-2)25(19)35-3)22-21(23(30)16-6-8-18(27)9-7-16)24(31)26(32)29(22)14-15-5-4-10-28-13-15/h4-13,22,30H,14H2,1-3H3/t22-/m0/s1. The molecular weight excluding hydrogens is 516 g/mol. The minimum absolute atomic E-state index is 0.0320. The van der Waals surface area contributed by atoms with E-state index in [1.54, 1.807) is 54.9 Å². The maximum atomic E-state index is 13.3. The molecule has 1 amide bonds. The average Bonchev–Trinajstić information content (AvgIpc) is 3.13. The number of rotatable bonds is 7. The molecule has 3 aromatic rings. The van der Waals surface area contributed by atoms with Crippen LogP contribution in [0.4, 0.5) is 0 Å². The number of aliphatic hydroxyl groups excluding tert-OH is 1. The van der Waals surface area contributed by atoms with Gasteiger partial charge in [0.1, 0.15) is 5.76 Å². The fraction of sp³-hybridized carbons (Fsp3) is 0.192. The number of Topliss-reactive ketones (excluding diaryl/α,β-unsaturated/α-hetero) is 1. The largest absolute Gasteiger partial charge is 0.507 e. The molecule has 35 heavy (non-hydrogen) atoms. The van der Waals surface area contributed by atoms with E-state index in [-0.39, 0.29) is 17.9 Å². The molecule has 4 rings (SSSR count). The van der Waals surface area contributed by atoms with Gasteiger partial charge in [-0.25, -0.2) is 0 Å². The number of hydrogen-bond acceptors (Lipinski definition) is 7. The fourth-order valence-electron chi connectivity index (χ4n) is 4.10. The van der Waals surface area contributed by atoms with E-state index < -0.39 is 17.7 Å². The quantitative estimate of drug-likeness (QED) is 0.268. The lowest BCUT2D eigenvalue weighted by molar-refractivity contribution is -0.140. The third-order valence-electron chi connectivity index (χ3n) is 5.74. The van der Waals surface area contributed by atoms with Gasteiger partial charge in [0.15, 0.2) is 11.5 Å². The summed E-state index contributed by atoms with van der Waals surface area (Å²) in [6.07, 6.45) is 3.25. The van der Waals surface area contributed by atoms with Crippen LogP contribution in [0.1, 0.15) is 22.7 Å². The maximum absolute atomic E-state index is 13.3. The lowest BCUT2D eigenvalue weighted by Crippen LogP contribution is -2.29. The summed E-state index contributed by atoms with van der Waals surface area (Å²) in [5.41, 5.74) is 1.62. The van der Waals surface area contributed by atoms with Crippen molar-refractivity contribution >= 4 is 33.4 Å². The van der Waals surface area contributed by atoms with Crippen molar-refractivity contribution in [1.29, 1.82) is 0 Å². The van der Waals surface area contributed by atoms with E-state index in [9.17, 15) is 14.7 Å². The Balaban J connectivity index is 1.94. The van der Waals surface area contributed by atoms with E-state index in [0.717, 1.165) is 10.0 Å². The molecule has 1 saturated heterocycles. The molecule has 1 N–H and O–H groups in total. The Hall–Kier alpha value is -3.85. The number of carbonyl (C=O) groups is 2. The predicted molar refractivity (Wildman–Crippen MR) is 132 cm³/mol. The van der Waals surface area contributed by atoms with Gasteiger partial charge in [-0.05, 0) is 41.5 Å². The molecule has 2 aromatic carbocycles. The van der Waals surface area contributed by atoms with Crippen molar-refractivity contribution in [2.75, 3.05) is 21.3 Å². The van der Waals surface area contributed by atoms with Crippen LogP contribution < -0.4 is 14.2 Å². The Morgan fingerprint density at radius 3 is 2.23 bits per heavy atom. The Morgan fingerprint density at radius 2 is 1.69 bits per heavy atom. The van der Waals surface area contributed by atoms with Gasteiger partial charge < -0.3 is 24.2 Å². The Kier molecular flexibility index (Phi) is 7.07. The molecular formula is C26H23BrN2O6. The van der Waals surface area contributed by atoms with Gasteiger partial charge >= 0.3 is 0 Å². The molecule has 180 valence electrons. The summed E-state index contributed by atoms with van der Waals surface area (Å²) in [5, 5.41) is 11.2. The van der Waals surface area contributed by atoms with Gasteiger partial charge in [-0.15, -0.1) is 0 Å². The number of benzene rings is 2. The van der Waals surface area contributed by atoms with Crippen molar-refractivity contribution in [3.8, 4) is 17.2 Å². The van der Waals surface area contributed by atoms with E-state index in [2.05, 4.69) is 20.9 Å². The maximum Gasteiger partial charge on any atom is 0.295 e. The molecule has 2 heterocycles. The number of carbonyl (C=O) groups excluding carboxylic acids is 2. The van der Waals surface area contributed by atoms with Crippen LogP contribution in [0.3, 0.4) is 0 Å². The number of amides is 1. The smallest absolute Gasteiger partial charge is 0.295 e. The first-order valence-electron chi connectivity index (χ1n) is 10.6. The van der Waals surface area contributed by atoms with E-state index >= 15 is 0 Å². The summed E-state index contributed by atoms with van der Waals surface area (Å²) in [7, 11) is 4.45. The first-order chi connectivity index (χ1) is 16.9. The van der Waals surface area contributed by atoms with Crippen molar-refractivity contribution in [2.24, 2.45) is 0 Å². The van der Waals surface area contributed by atoms with Crippen LogP contribution in [0.2, 0.25) is 0 Å². The zero-order chi connectivity index (χ0) is 25.1. The highest BCUT2D eigenvalue weighted by atomic mass is 79.9. The topological polar surface area (TPSA) is 98.2 Å². The van der Waals surface area contributed by atoms with E-state index in [1.807, 2.05) is 6.07 Å². The number of ether oxygens (including phenoxy) is 3. The normalized spacial score (nSPS) is 16.9. The average molecular weight is 539 g/mol. The number of nitrogens with zero attached hydrogens (tertiary/aromatic N) is 2. The number of halogens is 1. The second-order valence-corrected chi connectivity index (χ2v) is 8.67. The highest BCUT2D eigenvalue weighted by Gasteiger charge is 2.46. The third kappa shape index (κ3) is 4.59. The van der Waals surface area contributed by atoms with Crippen LogP contribution in [0.15, 0.2) is 71.0 Å². The monoisotopic (exact) mass is 538 g/mol. The van der Waals surface area contributed by atoms with Crippen molar-refractivity contribution in [3.05, 3.63) is 87.7 Å². The summed E-state index contributed by atoms with van der Waals surface area (Å²) in [5.74, 6) is -0.701. The van der Waals surface area contributed by atoms with Gasteiger partial charge in [0.05, 0.1) is 32.9 Å². The molecule has 1 aromatic heterocycles.